The SMILES string of the molecule is CNC1CCCN(S(=O)(=O)c2ccc(Cl)c(F)c2Cl)C1.Cl. The third kappa shape index (κ3) is 3.81. The molecule has 1 aromatic rings. The summed E-state index contributed by atoms with van der Waals surface area (Å²) in [6.07, 6.45) is 1.66. The van der Waals surface area contributed by atoms with Crippen molar-refractivity contribution in [3.05, 3.63) is 28.0 Å². The van der Waals surface area contributed by atoms with Gasteiger partial charge in [0.25, 0.3) is 0 Å². The molecule has 1 N–H and O–H groups in total. The number of piperidine rings is 1. The van der Waals surface area contributed by atoms with Gasteiger partial charge >= 0.3 is 0 Å². The second kappa shape index (κ2) is 7.44. The summed E-state index contributed by atoms with van der Waals surface area (Å²) in [5.74, 6) is -0.906. The average molecular weight is 378 g/mol. The smallest absolute Gasteiger partial charge is 0.244 e. The summed E-state index contributed by atoms with van der Waals surface area (Å²) in [6.45, 7) is 0.750. The summed E-state index contributed by atoms with van der Waals surface area (Å²) < 4.78 is 40.1. The first-order valence-electron chi connectivity index (χ1n) is 6.19. The number of hydrogen-bond acceptors (Lipinski definition) is 3. The van der Waals surface area contributed by atoms with Gasteiger partial charge in [-0.05, 0) is 32.0 Å². The molecule has 4 nitrogen and oxygen atoms in total. The van der Waals surface area contributed by atoms with Crippen LogP contribution in [0.2, 0.25) is 10.0 Å². The van der Waals surface area contributed by atoms with Crippen molar-refractivity contribution >= 4 is 45.6 Å². The Labute approximate surface area is 140 Å². The van der Waals surface area contributed by atoms with Gasteiger partial charge in [0, 0.05) is 19.1 Å². The highest BCUT2D eigenvalue weighted by Crippen LogP contribution is 2.32. The Morgan fingerprint density at radius 1 is 1.38 bits per heavy atom. The monoisotopic (exact) mass is 376 g/mol. The van der Waals surface area contributed by atoms with Crippen LogP contribution in [-0.4, -0.2) is 38.9 Å². The lowest BCUT2D eigenvalue weighted by molar-refractivity contribution is 0.293. The van der Waals surface area contributed by atoms with Crippen molar-refractivity contribution in [3.8, 4) is 0 Å². The minimum Gasteiger partial charge on any atom is -0.316 e. The van der Waals surface area contributed by atoms with Gasteiger partial charge in [-0.1, -0.05) is 23.2 Å². The second-order valence-electron chi connectivity index (χ2n) is 4.66. The molecule has 0 radical (unpaired) electrons. The van der Waals surface area contributed by atoms with Gasteiger partial charge in [0.1, 0.15) is 4.90 Å². The van der Waals surface area contributed by atoms with Crippen LogP contribution < -0.4 is 5.32 Å². The fourth-order valence-corrected chi connectivity index (χ4v) is 4.49. The van der Waals surface area contributed by atoms with Gasteiger partial charge in [-0.25, -0.2) is 12.8 Å². The Kier molecular flexibility index (Phi) is 6.71. The van der Waals surface area contributed by atoms with Crippen LogP contribution in [0, 0.1) is 5.82 Å². The van der Waals surface area contributed by atoms with Crippen LogP contribution in [-0.2, 0) is 10.0 Å². The largest absolute Gasteiger partial charge is 0.316 e. The van der Waals surface area contributed by atoms with E-state index in [1.165, 1.54) is 16.4 Å². The number of sulfonamides is 1. The predicted octanol–water partition coefficient (Wildman–Crippen LogP) is 2.93. The molecule has 0 aromatic heterocycles. The lowest BCUT2D eigenvalue weighted by Crippen LogP contribution is -2.46. The van der Waals surface area contributed by atoms with Gasteiger partial charge in [-0.2, -0.15) is 4.31 Å². The van der Waals surface area contributed by atoms with E-state index >= 15 is 0 Å². The molecule has 0 saturated carbocycles. The van der Waals surface area contributed by atoms with E-state index in [0.29, 0.717) is 13.1 Å². The number of benzene rings is 1. The van der Waals surface area contributed by atoms with E-state index < -0.39 is 20.9 Å². The number of nitrogens with one attached hydrogen (secondary N) is 1. The predicted molar refractivity (Wildman–Crippen MR) is 84.5 cm³/mol. The molecule has 1 aliphatic heterocycles. The highest BCUT2D eigenvalue weighted by atomic mass is 35.5. The van der Waals surface area contributed by atoms with Gasteiger partial charge in [-0.3, -0.25) is 0 Å². The van der Waals surface area contributed by atoms with Crippen LogP contribution in [0.1, 0.15) is 12.8 Å². The van der Waals surface area contributed by atoms with Crippen LogP contribution in [0.4, 0.5) is 4.39 Å². The van der Waals surface area contributed by atoms with Crippen molar-refractivity contribution in [3.63, 3.8) is 0 Å². The standard InChI is InChI=1S/C12H15Cl2FN2O2S.ClH/c1-16-8-3-2-6-17(7-8)20(18,19)10-5-4-9(13)12(15)11(10)14;/h4-5,8,16H,2-3,6-7H2,1H3;1H. The molecule has 9 heteroatoms. The molecule has 1 saturated heterocycles. The summed E-state index contributed by atoms with van der Waals surface area (Å²) >= 11 is 11.4. The van der Waals surface area contributed by atoms with E-state index in [1.54, 1.807) is 7.05 Å². The van der Waals surface area contributed by atoms with E-state index in [0.717, 1.165) is 12.8 Å². The zero-order valence-electron chi connectivity index (χ0n) is 11.3. The topological polar surface area (TPSA) is 49.4 Å². The molecule has 0 aliphatic carbocycles. The minimum absolute atomic E-state index is 0. The summed E-state index contributed by atoms with van der Waals surface area (Å²) in [5.41, 5.74) is 0. The highest BCUT2D eigenvalue weighted by molar-refractivity contribution is 7.89. The van der Waals surface area contributed by atoms with Crippen molar-refractivity contribution in [2.45, 2.75) is 23.8 Å². The molecule has 0 bridgehead atoms. The summed E-state index contributed by atoms with van der Waals surface area (Å²) in [6, 6.07) is 2.54. The first-order chi connectivity index (χ1) is 9.37. The van der Waals surface area contributed by atoms with E-state index in [-0.39, 0.29) is 28.4 Å². The number of nitrogens with zero attached hydrogens (tertiary/aromatic N) is 1. The van der Waals surface area contributed by atoms with Crippen LogP contribution in [0.25, 0.3) is 0 Å². The molecule has 1 heterocycles. The molecule has 0 spiro atoms. The van der Waals surface area contributed by atoms with Crippen LogP contribution >= 0.6 is 35.6 Å². The Morgan fingerprint density at radius 3 is 2.67 bits per heavy atom. The summed E-state index contributed by atoms with van der Waals surface area (Å²) in [4.78, 5) is -0.238. The van der Waals surface area contributed by atoms with Gasteiger partial charge in [0.05, 0.1) is 10.0 Å². The minimum atomic E-state index is -3.81. The lowest BCUT2D eigenvalue weighted by Gasteiger charge is -2.31. The second-order valence-corrected chi connectivity index (χ2v) is 7.36. The first-order valence-corrected chi connectivity index (χ1v) is 8.38. The Balaban J connectivity index is 0.00000220. The van der Waals surface area contributed by atoms with Gasteiger partial charge in [-0.15, -0.1) is 12.4 Å². The Bertz CT molecular complexity index is 613. The Morgan fingerprint density at radius 2 is 2.05 bits per heavy atom. The average Bonchev–Trinajstić information content (AvgIpc) is 2.44. The number of rotatable bonds is 3. The van der Waals surface area contributed by atoms with Crippen LogP contribution in [0.15, 0.2) is 17.0 Å². The highest BCUT2D eigenvalue weighted by Gasteiger charge is 2.32. The van der Waals surface area contributed by atoms with Crippen molar-refractivity contribution in [2.75, 3.05) is 20.1 Å². The maximum Gasteiger partial charge on any atom is 0.244 e. The molecule has 2 rings (SSSR count). The molecule has 1 atom stereocenters. The maximum absolute atomic E-state index is 13.7. The van der Waals surface area contributed by atoms with Crippen molar-refractivity contribution < 1.29 is 12.8 Å². The van der Waals surface area contributed by atoms with E-state index in [4.69, 9.17) is 23.2 Å². The third-order valence-electron chi connectivity index (χ3n) is 3.41. The Hall–Kier alpha value is -0.110. The molecule has 0 amide bonds. The molecule has 1 aromatic carbocycles. The summed E-state index contributed by atoms with van der Waals surface area (Å²) in [7, 11) is -2.02. The fourth-order valence-electron chi connectivity index (χ4n) is 2.24. The number of hydrogen-bond donors (Lipinski definition) is 1. The van der Waals surface area contributed by atoms with E-state index in [9.17, 15) is 12.8 Å². The molecular weight excluding hydrogens is 362 g/mol. The normalized spacial score (nSPS) is 20.1. The summed E-state index contributed by atoms with van der Waals surface area (Å²) in [5, 5.41) is 2.41. The van der Waals surface area contributed by atoms with Gasteiger partial charge < -0.3 is 5.32 Å². The first kappa shape index (κ1) is 18.9. The quantitative estimate of drug-likeness (QED) is 0.824. The fraction of sp³-hybridized carbons (Fsp3) is 0.500. The molecular formula is C12H16Cl3FN2O2S. The zero-order chi connectivity index (χ0) is 14.9. The van der Waals surface area contributed by atoms with Gasteiger partial charge in [0.15, 0.2) is 5.82 Å². The van der Waals surface area contributed by atoms with Crippen molar-refractivity contribution in [2.24, 2.45) is 0 Å². The number of halogens is 4. The van der Waals surface area contributed by atoms with Gasteiger partial charge in [0.2, 0.25) is 10.0 Å². The van der Waals surface area contributed by atoms with E-state index in [1.807, 2.05) is 0 Å². The lowest BCUT2D eigenvalue weighted by atomic mass is 10.1. The molecule has 1 unspecified atom stereocenters. The third-order valence-corrected chi connectivity index (χ3v) is 6.09. The zero-order valence-corrected chi connectivity index (χ0v) is 14.4. The van der Waals surface area contributed by atoms with Crippen molar-refractivity contribution in [1.29, 1.82) is 0 Å². The number of likely N-dealkylation sites (N-methyl/N-ethyl adjacent to an activating group) is 1. The van der Waals surface area contributed by atoms with E-state index in [2.05, 4.69) is 5.32 Å². The van der Waals surface area contributed by atoms with Crippen LogP contribution in [0.5, 0.6) is 0 Å². The molecule has 120 valence electrons. The molecule has 1 aliphatic rings. The molecule has 21 heavy (non-hydrogen) atoms. The van der Waals surface area contributed by atoms with Crippen LogP contribution in [0.3, 0.4) is 0 Å². The van der Waals surface area contributed by atoms with Crippen molar-refractivity contribution in [1.82, 2.24) is 9.62 Å². The molecule has 1 fully saturated rings. The maximum atomic E-state index is 13.7.